The molecule has 0 radical (unpaired) electrons. The van der Waals surface area contributed by atoms with Gasteiger partial charge in [-0.2, -0.15) is 0 Å². The van der Waals surface area contributed by atoms with Gasteiger partial charge in [-0.25, -0.2) is 0 Å². The fraction of sp³-hybridized carbons (Fsp3) is 0.654. The van der Waals surface area contributed by atoms with E-state index < -0.39 is 0 Å². The summed E-state index contributed by atoms with van der Waals surface area (Å²) in [7, 11) is 0. The molecule has 2 aliphatic rings. The molecule has 1 aliphatic heterocycles. The normalized spacial score (nSPS) is 22.4. The quantitative estimate of drug-likeness (QED) is 0.356. The molecule has 3 rings (SSSR count). The molecule has 1 aromatic rings. The lowest BCUT2D eigenvalue weighted by molar-refractivity contribution is -0.143. The van der Waals surface area contributed by atoms with Crippen molar-refractivity contribution in [2.45, 2.75) is 77.7 Å². The van der Waals surface area contributed by atoms with Crippen molar-refractivity contribution in [1.29, 1.82) is 0 Å². The summed E-state index contributed by atoms with van der Waals surface area (Å²) in [5.74, 6) is 1.85. The van der Waals surface area contributed by atoms with Gasteiger partial charge in [0.25, 0.3) is 0 Å². The van der Waals surface area contributed by atoms with E-state index >= 15 is 0 Å². The lowest BCUT2D eigenvalue weighted by atomic mass is 9.86. The second-order valence-corrected chi connectivity index (χ2v) is 8.74. The van der Waals surface area contributed by atoms with E-state index in [0.29, 0.717) is 19.1 Å². The third-order valence-corrected chi connectivity index (χ3v) is 6.60. The third-order valence-electron chi connectivity index (χ3n) is 6.60. The van der Waals surface area contributed by atoms with Crippen molar-refractivity contribution in [1.82, 2.24) is 4.90 Å². The van der Waals surface area contributed by atoms with E-state index in [1.807, 2.05) is 6.92 Å². The Morgan fingerprint density at radius 2 is 1.83 bits per heavy atom. The Bertz CT molecular complexity index is 674. The van der Waals surface area contributed by atoms with Crippen LogP contribution in [0.4, 0.5) is 0 Å². The van der Waals surface area contributed by atoms with Gasteiger partial charge in [-0.15, -0.1) is 0 Å². The highest BCUT2D eigenvalue weighted by molar-refractivity contribution is 5.69. The van der Waals surface area contributed by atoms with Crippen LogP contribution in [0.2, 0.25) is 0 Å². The molecule has 0 unspecified atom stereocenters. The maximum absolute atomic E-state index is 11.4. The standard InChI is InChI=1S/C26H39NO3/c1-3-21-8-12-24(13-9-21)30-25-14-10-22(11-15-25)23-16-19-27(20-17-23)18-6-5-7-26(28)29-4-2/h10-11,14-16,21,24H,3-9,12-13,17-20H2,1-2H3/t21-,24-. The Balaban J connectivity index is 1.39. The molecule has 0 N–H and O–H groups in total. The summed E-state index contributed by atoms with van der Waals surface area (Å²) >= 11 is 0. The first-order valence-electron chi connectivity index (χ1n) is 12.0. The molecule has 1 aromatic carbocycles. The van der Waals surface area contributed by atoms with Crippen LogP contribution >= 0.6 is 0 Å². The van der Waals surface area contributed by atoms with Gasteiger partial charge in [-0.05, 0) is 87.6 Å². The summed E-state index contributed by atoms with van der Waals surface area (Å²) in [4.78, 5) is 13.9. The fourth-order valence-corrected chi connectivity index (χ4v) is 4.61. The van der Waals surface area contributed by atoms with Crippen LogP contribution in [0.3, 0.4) is 0 Å². The lowest BCUT2D eigenvalue weighted by Crippen LogP contribution is -2.29. The summed E-state index contributed by atoms with van der Waals surface area (Å²) in [6, 6.07) is 8.72. The van der Waals surface area contributed by atoms with Crippen molar-refractivity contribution in [2.75, 3.05) is 26.2 Å². The zero-order valence-corrected chi connectivity index (χ0v) is 18.9. The van der Waals surface area contributed by atoms with Crippen LogP contribution in [-0.4, -0.2) is 43.2 Å². The van der Waals surface area contributed by atoms with Crippen molar-refractivity contribution >= 4 is 11.5 Å². The van der Waals surface area contributed by atoms with Crippen LogP contribution in [0.5, 0.6) is 5.75 Å². The van der Waals surface area contributed by atoms with Crippen molar-refractivity contribution in [3.63, 3.8) is 0 Å². The first-order valence-corrected chi connectivity index (χ1v) is 12.0. The molecule has 0 aromatic heterocycles. The lowest BCUT2D eigenvalue weighted by Gasteiger charge is -2.28. The average Bonchev–Trinajstić information content (AvgIpc) is 2.78. The van der Waals surface area contributed by atoms with Crippen molar-refractivity contribution < 1.29 is 14.3 Å². The number of unbranched alkanes of at least 4 members (excludes halogenated alkanes) is 1. The monoisotopic (exact) mass is 413 g/mol. The van der Waals surface area contributed by atoms with Gasteiger partial charge in [0.1, 0.15) is 5.75 Å². The number of carbonyl (C=O) groups excluding carboxylic acids is 1. The van der Waals surface area contributed by atoms with E-state index in [1.54, 1.807) is 0 Å². The van der Waals surface area contributed by atoms with Gasteiger partial charge in [0.05, 0.1) is 12.7 Å². The summed E-state index contributed by atoms with van der Waals surface area (Å²) in [5, 5.41) is 0. The predicted octanol–water partition coefficient (Wildman–Crippen LogP) is 5.86. The first-order chi connectivity index (χ1) is 14.7. The van der Waals surface area contributed by atoms with Crippen LogP contribution in [0, 0.1) is 5.92 Å². The third kappa shape index (κ3) is 7.16. The molecular weight excluding hydrogens is 374 g/mol. The van der Waals surface area contributed by atoms with Crippen molar-refractivity contribution in [3.8, 4) is 5.75 Å². The van der Waals surface area contributed by atoms with Crippen molar-refractivity contribution in [3.05, 3.63) is 35.9 Å². The van der Waals surface area contributed by atoms with E-state index in [9.17, 15) is 4.79 Å². The number of rotatable bonds is 10. The van der Waals surface area contributed by atoms with Gasteiger partial charge in [0.2, 0.25) is 0 Å². The molecule has 1 fully saturated rings. The summed E-state index contributed by atoms with van der Waals surface area (Å²) in [6.07, 6.45) is 12.7. The molecule has 4 heteroatoms. The fourth-order valence-electron chi connectivity index (χ4n) is 4.61. The van der Waals surface area contributed by atoms with Crippen LogP contribution in [0.15, 0.2) is 30.3 Å². The Kier molecular flexibility index (Phi) is 9.26. The van der Waals surface area contributed by atoms with Gasteiger partial charge in [-0.3, -0.25) is 9.69 Å². The maximum Gasteiger partial charge on any atom is 0.305 e. The minimum Gasteiger partial charge on any atom is -0.490 e. The Hall–Kier alpha value is -1.81. The van der Waals surface area contributed by atoms with Crippen LogP contribution in [0.25, 0.3) is 5.57 Å². The van der Waals surface area contributed by atoms with Crippen LogP contribution < -0.4 is 4.74 Å². The zero-order valence-electron chi connectivity index (χ0n) is 18.9. The smallest absolute Gasteiger partial charge is 0.305 e. The molecule has 1 saturated carbocycles. The Morgan fingerprint density at radius 1 is 1.07 bits per heavy atom. The SMILES string of the molecule is CCOC(=O)CCCCN1CC=C(c2ccc(O[C@H]3CC[C@H](CC)CC3)cc2)CC1. The predicted molar refractivity (Wildman–Crippen MR) is 123 cm³/mol. The van der Waals surface area contributed by atoms with E-state index in [0.717, 1.165) is 50.6 Å². The highest BCUT2D eigenvalue weighted by atomic mass is 16.5. The van der Waals surface area contributed by atoms with Crippen LogP contribution in [0.1, 0.15) is 77.2 Å². The van der Waals surface area contributed by atoms with Gasteiger partial charge in [0.15, 0.2) is 0 Å². The molecule has 1 aliphatic carbocycles. The Morgan fingerprint density at radius 3 is 2.47 bits per heavy atom. The number of nitrogens with zero attached hydrogens (tertiary/aromatic N) is 1. The molecule has 0 amide bonds. The molecule has 166 valence electrons. The number of hydrogen-bond acceptors (Lipinski definition) is 4. The van der Waals surface area contributed by atoms with Crippen molar-refractivity contribution in [2.24, 2.45) is 5.92 Å². The molecule has 4 nitrogen and oxygen atoms in total. The van der Waals surface area contributed by atoms with Crippen LogP contribution in [-0.2, 0) is 9.53 Å². The second kappa shape index (κ2) is 12.1. The molecular formula is C26H39NO3. The highest BCUT2D eigenvalue weighted by Crippen LogP contribution is 2.30. The van der Waals surface area contributed by atoms with E-state index in [4.69, 9.17) is 9.47 Å². The van der Waals surface area contributed by atoms with Gasteiger partial charge in [-0.1, -0.05) is 31.6 Å². The molecule has 0 atom stereocenters. The summed E-state index contributed by atoms with van der Waals surface area (Å²) < 4.78 is 11.2. The minimum absolute atomic E-state index is 0.0700. The second-order valence-electron chi connectivity index (χ2n) is 8.74. The van der Waals surface area contributed by atoms with E-state index in [-0.39, 0.29) is 5.97 Å². The van der Waals surface area contributed by atoms with Gasteiger partial charge < -0.3 is 9.47 Å². The zero-order chi connectivity index (χ0) is 21.2. The molecule has 0 bridgehead atoms. The number of hydrogen-bond donors (Lipinski definition) is 0. The molecule has 0 spiro atoms. The molecule has 30 heavy (non-hydrogen) atoms. The van der Waals surface area contributed by atoms with Gasteiger partial charge >= 0.3 is 5.97 Å². The number of benzene rings is 1. The van der Waals surface area contributed by atoms with E-state index in [2.05, 4.69) is 42.2 Å². The first kappa shape index (κ1) is 22.9. The number of carbonyl (C=O) groups is 1. The summed E-state index contributed by atoms with van der Waals surface area (Å²) in [6.45, 7) is 7.77. The summed E-state index contributed by atoms with van der Waals surface area (Å²) in [5.41, 5.74) is 2.76. The number of esters is 1. The number of ether oxygens (including phenoxy) is 2. The van der Waals surface area contributed by atoms with Gasteiger partial charge in [0, 0.05) is 19.5 Å². The Labute approximate surface area is 182 Å². The average molecular weight is 414 g/mol. The minimum atomic E-state index is -0.0700. The molecule has 0 saturated heterocycles. The maximum atomic E-state index is 11.4. The largest absolute Gasteiger partial charge is 0.490 e. The topological polar surface area (TPSA) is 38.8 Å². The highest BCUT2D eigenvalue weighted by Gasteiger charge is 2.21. The molecule has 1 heterocycles. The van der Waals surface area contributed by atoms with E-state index in [1.165, 1.54) is 43.2 Å².